The molecule has 0 aliphatic rings. The van der Waals surface area contributed by atoms with E-state index >= 15 is 0 Å². The number of aromatic nitrogens is 2. The highest BCUT2D eigenvalue weighted by Gasteiger charge is 2.13. The van der Waals surface area contributed by atoms with Crippen molar-refractivity contribution in [3.8, 4) is 16.9 Å². The molecule has 3 rings (SSSR count). The second kappa shape index (κ2) is 7.43. The monoisotopic (exact) mass is 356 g/mol. The second-order valence-corrected chi connectivity index (χ2v) is 6.41. The summed E-state index contributed by atoms with van der Waals surface area (Å²) in [6.07, 6.45) is 0. The standard InChI is InChI=1S/C19H21FN4O2/c1-11(2)10-21-19(25)22-18-14-6-4-12(8-16(14)23-24-18)15-9-13(20)5-7-17(15)26-3/h4-9,11H,10H2,1-3H3,(H3,21,22,23,24,25). The van der Waals surface area contributed by atoms with Gasteiger partial charge in [-0.05, 0) is 41.8 Å². The average Bonchev–Trinajstić information content (AvgIpc) is 3.02. The van der Waals surface area contributed by atoms with Gasteiger partial charge in [-0.3, -0.25) is 10.4 Å². The minimum absolute atomic E-state index is 0.303. The van der Waals surface area contributed by atoms with Gasteiger partial charge in [0.25, 0.3) is 0 Å². The number of hydrogen-bond acceptors (Lipinski definition) is 3. The number of halogens is 1. The van der Waals surface area contributed by atoms with E-state index in [0.29, 0.717) is 29.6 Å². The van der Waals surface area contributed by atoms with E-state index in [1.165, 1.54) is 12.1 Å². The third-order valence-corrected chi connectivity index (χ3v) is 3.94. The fourth-order valence-corrected chi connectivity index (χ4v) is 2.64. The van der Waals surface area contributed by atoms with Gasteiger partial charge in [-0.2, -0.15) is 5.10 Å². The van der Waals surface area contributed by atoms with Crippen LogP contribution in [0, 0.1) is 11.7 Å². The summed E-state index contributed by atoms with van der Waals surface area (Å²) in [4.78, 5) is 11.9. The van der Waals surface area contributed by atoms with Crippen LogP contribution in [0.25, 0.3) is 22.0 Å². The zero-order valence-electron chi connectivity index (χ0n) is 14.9. The van der Waals surface area contributed by atoms with Crippen molar-refractivity contribution in [2.75, 3.05) is 19.0 Å². The number of methoxy groups -OCH3 is 1. The smallest absolute Gasteiger partial charge is 0.320 e. The van der Waals surface area contributed by atoms with Crippen LogP contribution in [0.5, 0.6) is 5.75 Å². The third-order valence-electron chi connectivity index (χ3n) is 3.94. The SMILES string of the molecule is COc1ccc(F)cc1-c1ccc2c(NC(=O)NCC(C)C)n[nH]c2c1. The Morgan fingerprint density at radius 2 is 2.08 bits per heavy atom. The van der Waals surface area contributed by atoms with Crippen molar-refractivity contribution in [2.24, 2.45) is 5.92 Å². The molecule has 0 saturated carbocycles. The molecule has 3 N–H and O–H groups in total. The number of benzene rings is 2. The van der Waals surface area contributed by atoms with Crippen LogP contribution in [-0.2, 0) is 0 Å². The number of carbonyl (C=O) groups is 1. The average molecular weight is 356 g/mol. The van der Waals surface area contributed by atoms with Gasteiger partial charge in [0.1, 0.15) is 11.6 Å². The number of nitrogens with zero attached hydrogens (tertiary/aromatic N) is 1. The first-order valence-electron chi connectivity index (χ1n) is 8.35. The van der Waals surface area contributed by atoms with E-state index < -0.39 is 0 Å². The molecule has 0 fully saturated rings. The van der Waals surface area contributed by atoms with Gasteiger partial charge in [-0.15, -0.1) is 0 Å². The van der Waals surface area contributed by atoms with Crippen molar-refractivity contribution in [1.82, 2.24) is 15.5 Å². The summed E-state index contributed by atoms with van der Waals surface area (Å²) in [6, 6.07) is 9.58. The Bertz CT molecular complexity index is 936. The van der Waals surface area contributed by atoms with Crippen LogP contribution in [0.4, 0.5) is 15.0 Å². The number of urea groups is 1. The fourth-order valence-electron chi connectivity index (χ4n) is 2.64. The van der Waals surface area contributed by atoms with Crippen LogP contribution >= 0.6 is 0 Å². The maximum absolute atomic E-state index is 13.6. The summed E-state index contributed by atoms with van der Waals surface area (Å²) in [5.41, 5.74) is 2.16. The van der Waals surface area contributed by atoms with E-state index in [2.05, 4.69) is 20.8 Å². The zero-order chi connectivity index (χ0) is 18.7. The maximum Gasteiger partial charge on any atom is 0.320 e. The number of nitrogens with one attached hydrogen (secondary N) is 3. The molecule has 0 atom stereocenters. The van der Waals surface area contributed by atoms with Crippen molar-refractivity contribution in [3.05, 3.63) is 42.2 Å². The largest absolute Gasteiger partial charge is 0.496 e. The first-order chi connectivity index (χ1) is 12.5. The van der Waals surface area contributed by atoms with E-state index in [1.54, 1.807) is 13.2 Å². The number of hydrogen-bond donors (Lipinski definition) is 3. The number of anilines is 1. The number of H-pyrrole nitrogens is 1. The predicted molar refractivity (Wildman–Crippen MR) is 99.9 cm³/mol. The van der Waals surface area contributed by atoms with Crippen LogP contribution < -0.4 is 15.4 Å². The molecular formula is C19H21FN4O2. The number of carbonyl (C=O) groups excluding carboxylic acids is 1. The lowest BCUT2D eigenvalue weighted by Gasteiger charge is -2.09. The molecule has 0 aliphatic heterocycles. The Balaban J connectivity index is 1.88. The topological polar surface area (TPSA) is 79.0 Å². The maximum atomic E-state index is 13.6. The minimum atomic E-state index is -0.338. The van der Waals surface area contributed by atoms with Crippen molar-refractivity contribution in [2.45, 2.75) is 13.8 Å². The van der Waals surface area contributed by atoms with Crippen LogP contribution in [0.2, 0.25) is 0 Å². The van der Waals surface area contributed by atoms with Gasteiger partial charge in [0.05, 0.1) is 12.6 Å². The van der Waals surface area contributed by atoms with Gasteiger partial charge < -0.3 is 10.1 Å². The van der Waals surface area contributed by atoms with Gasteiger partial charge >= 0.3 is 6.03 Å². The first kappa shape index (κ1) is 17.7. The van der Waals surface area contributed by atoms with E-state index in [0.717, 1.165) is 16.5 Å². The lowest BCUT2D eigenvalue weighted by Crippen LogP contribution is -2.31. The highest BCUT2D eigenvalue weighted by Crippen LogP contribution is 2.33. The van der Waals surface area contributed by atoms with Crippen molar-refractivity contribution < 1.29 is 13.9 Å². The van der Waals surface area contributed by atoms with Gasteiger partial charge in [0.2, 0.25) is 0 Å². The molecule has 0 radical (unpaired) electrons. The third kappa shape index (κ3) is 3.77. The molecule has 3 aromatic rings. The van der Waals surface area contributed by atoms with Crippen LogP contribution in [-0.4, -0.2) is 29.9 Å². The number of fused-ring (bicyclic) bond motifs is 1. The van der Waals surface area contributed by atoms with E-state index in [9.17, 15) is 9.18 Å². The summed E-state index contributed by atoms with van der Waals surface area (Å²) in [7, 11) is 1.54. The van der Waals surface area contributed by atoms with E-state index in [-0.39, 0.29) is 11.8 Å². The van der Waals surface area contributed by atoms with E-state index in [1.807, 2.05) is 32.0 Å². The molecular weight excluding hydrogens is 335 g/mol. The number of amides is 2. The summed E-state index contributed by atoms with van der Waals surface area (Å²) < 4.78 is 18.9. The van der Waals surface area contributed by atoms with Crippen molar-refractivity contribution in [3.63, 3.8) is 0 Å². The van der Waals surface area contributed by atoms with Gasteiger partial charge in [-0.25, -0.2) is 9.18 Å². The molecule has 0 spiro atoms. The summed E-state index contributed by atoms with van der Waals surface area (Å²) in [5.74, 6) is 1.05. The lowest BCUT2D eigenvalue weighted by molar-refractivity contribution is 0.251. The normalized spacial score (nSPS) is 11.0. The molecule has 0 unspecified atom stereocenters. The Morgan fingerprint density at radius 1 is 1.27 bits per heavy atom. The minimum Gasteiger partial charge on any atom is -0.496 e. The van der Waals surface area contributed by atoms with E-state index in [4.69, 9.17) is 4.74 Å². The molecule has 0 bridgehead atoms. The molecule has 136 valence electrons. The quantitative estimate of drug-likeness (QED) is 0.642. The van der Waals surface area contributed by atoms with Gasteiger partial charge in [-0.1, -0.05) is 19.9 Å². The highest BCUT2D eigenvalue weighted by molar-refractivity contribution is 6.00. The van der Waals surface area contributed by atoms with Gasteiger partial charge in [0, 0.05) is 17.5 Å². The zero-order valence-corrected chi connectivity index (χ0v) is 14.9. The fraction of sp³-hybridized carbons (Fsp3) is 0.263. The molecule has 2 aromatic carbocycles. The molecule has 6 nitrogen and oxygen atoms in total. The van der Waals surface area contributed by atoms with Crippen LogP contribution in [0.15, 0.2) is 36.4 Å². The van der Waals surface area contributed by atoms with Crippen molar-refractivity contribution >= 4 is 22.8 Å². The Hall–Kier alpha value is -3.09. The second-order valence-electron chi connectivity index (χ2n) is 6.41. The number of aromatic amines is 1. The van der Waals surface area contributed by atoms with Crippen molar-refractivity contribution in [1.29, 1.82) is 0 Å². The Kier molecular flexibility index (Phi) is 5.06. The summed E-state index contributed by atoms with van der Waals surface area (Å²) in [5, 5.41) is 13.3. The molecule has 0 saturated heterocycles. The van der Waals surface area contributed by atoms with Gasteiger partial charge in [0.15, 0.2) is 5.82 Å². The summed E-state index contributed by atoms with van der Waals surface area (Å²) in [6.45, 7) is 4.62. The Labute approximate surface area is 150 Å². The molecule has 7 heteroatoms. The predicted octanol–water partition coefficient (Wildman–Crippen LogP) is 4.16. The molecule has 2 amide bonds. The Morgan fingerprint density at radius 3 is 2.81 bits per heavy atom. The molecule has 1 heterocycles. The molecule has 1 aromatic heterocycles. The number of ether oxygens (including phenoxy) is 1. The molecule has 26 heavy (non-hydrogen) atoms. The number of rotatable bonds is 5. The van der Waals surface area contributed by atoms with Crippen LogP contribution in [0.3, 0.4) is 0 Å². The van der Waals surface area contributed by atoms with Crippen LogP contribution in [0.1, 0.15) is 13.8 Å². The summed E-state index contributed by atoms with van der Waals surface area (Å²) >= 11 is 0. The lowest BCUT2D eigenvalue weighted by atomic mass is 10.0. The highest BCUT2D eigenvalue weighted by atomic mass is 19.1. The molecule has 0 aliphatic carbocycles. The first-order valence-corrected chi connectivity index (χ1v) is 8.35.